The van der Waals surface area contributed by atoms with E-state index in [2.05, 4.69) is 6.92 Å². The second-order valence-corrected chi connectivity index (χ2v) is 10.7. The molecule has 0 aromatic heterocycles. The number of unbranched alkanes of at least 4 members (excludes halogenated alkanes) is 9. The summed E-state index contributed by atoms with van der Waals surface area (Å²) >= 11 is 1.36. The molecule has 4 heteroatoms. The van der Waals surface area contributed by atoms with Gasteiger partial charge in [-0.2, -0.15) is 0 Å². The third kappa shape index (κ3) is 16.7. The van der Waals surface area contributed by atoms with Crippen LogP contribution in [0.15, 0.2) is 0 Å². The van der Waals surface area contributed by atoms with Gasteiger partial charge in [-0.05, 0) is 0 Å². The Labute approximate surface area is 112 Å². The van der Waals surface area contributed by atoms with Gasteiger partial charge in [0.2, 0.25) is 0 Å². The Morgan fingerprint density at radius 1 is 0.765 bits per heavy atom. The van der Waals surface area contributed by atoms with E-state index in [1.165, 1.54) is 69.2 Å². The molecule has 2 nitrogen and oxygen atoms in total. The monoisotopic (exact) mass is 282 g/mol. The molecule has 106 valence electrons. The molecule has 0 fully saturated rings. The van der Waals surface area contributed by atoms with Crippen LogP contribution in [-0.4, -0.2) is 22.2 Å². The van der Waals surface area contributed by atoms with E-state index in [0.29, 0.717) is 0 Å². The van der Waals surface area contributed by atoms with Gasteiger partial charge >= 0.3 is 105 Å². The van der Waals surface area contributed by atoms with Crippen molar-refractivity contribution in [1.29, 1.82) is 0 Å². The Bertz CT molecular complexity index is 160. The molecule has 0 atom stereocenters. The summed E-state index contributed by atoms with van der Waals surface area (Å²) in [5.41, 5.74) is 0. The van der Waals surface area contributed by atoms with Crippen molar-refractivity contribution in [2.24, 2.45) is 0 Å². The average Bonchev–Trinajstić information content (AvgIpc) is 2.24. The van der Waals surface area contributed by atoms with Crippen molar-refractivity contribution in [2.75, 3.05) is 12.4 Å². The molecule has 17 heavy (non-hydrogen) atoms. The van der Waals surface area contributed by atoms with E-state index in [9.17, 15) is 9.79 Å². The van der Waals surface area contributed by atoms with Crippen LogP contribution in [0.5, 0.6) is 0 Å². The zero-order valence-corrected chi connectivity index (χ0v) is 13.4. The molecule has 0 aliphatic heterocycles. The first-order valence-electron chi connectivity index (χ1n) is 7.15. The van der Waals surface area contributed by atoms with Crippen LogP contribution in [0.2, 0.25) is 0 Å². The molecule has 0 rings (SSSR count). The van der Waals surface area contributed by atoms with Crippen LogP contribution in [0.25, 0.3) is 0 Å². The Hall–Kier alpha value is 0.700. The molecule has 0 heterocycles. The standard InChI is InChI=1S/C13H31O2PS/c1-3-4-5-6-7-8-9-10-11-12-13-17-16(2,14)15/h14-16H,3-13H2,1-2H3. The molecule has 0 saturated heterocycles. The first-order chi connectivity index (χ1) is 8.06. The fraction of sp³-hybridized carbons (Fsp3) is 1.00. The molecular weight excluding hydrogens is 251 g/mol. The van der Waals surface area contributed by atoms with Gasteiger partial charge in [-0.1, -0.05) is 6.92 Å². The van der Waals surface area contributed by atoms with Gasteiger partial charge in [0.1, 0.15) is 0 Å². The number of rotatable bonds is 12. The van der Waals surface area contributed by atoms with E-state index >= 15 is 0 Å². The summed E-state index contributed by atoms with van der Waals surface area (Å²) in [6.07, 6.45) is 13.3. The zero-order valence-electron chi connectivity index (χ0n) is 11.6. The minimum atomic E-state index is -2.83. The normalized spacial score (nSPS) is 12.9. The minimum absolute atomic E-state index is 0.909. The molecule has 0 spiro atoms. The molecule has 0 saturated carbocycles. The maximum absolute atomic E-state index is 9.22. The van der Waals surface area contributed by atoms with Gasteiger partial charge in [0.25, 0.3) is 0 Å². The second-order valence-electron chi connectivity index (χ2n) is 4.96. The van der Waals surface area contributed by atoms with Gasteiger partial charge in [-0.25, -0.2) is 0 Å². The van der Waals surface area contributed by atoms with Gasteiger partial charge in [0.15, 0.2) is 0 Å². The molecule has 0 aromatic rings. The van der Waals surface area contributed by atoms with Crippen LogP contribution >= 0.6 is 18.3 Å². The zero-order chi connectivity index (χ0) is 13.0. The fourth-order valence-electron chi connectivity index (χ4n) is 1.86. The van der Waals surface area contributed by atoms with Gasteiger partial charge in [-0.15, -0.1) is 0 Å². The summed E-state index contributed by atoms with van der Waals surface area (Å²) in [4.78, 5) is 18.4. The third-order valence-corrected chi connectivity index (χ3v) is 6.17. The first kappa shape index (κ1) is 17.7. The van der Waals surface area contributed by atoms with Crippen molar-refractivity contribution >= 4 is 18.3 Å². The Morgan fingerprint density at radius 2 is 1.18 bits per heavy atom. The van der Waals surface area contributed by atoms with Crippen molar-refractivity contribution in [3.63, 3.8) is 0 Å². The fourth-order valence-corrected chi connectivity index (χ4v) is 4.18. The van der Waals surface area contributed by atoms with Crippen molar-refractivity contribution in [2.45, 2.75) is 71.1 Å². The van der Waals surface area contributed by atoms with Gasteiger partial charge in [0, 0.05) is 0 Å². The van der Waals surface area contributed by atoms with Crippen LogP contribution in [0.4, 0.5) is 0 Å². The molecule has 0 amide bonds. The summed E-state index contributed by atoms with van der Waals surface area (Å²) in [5.74, 6) is 0.909. The quantitative estimate of drug-likeness (QED) is 0.401. The first-order valence-corrected chi connectivity index (χ1v) is 11.3. The molecular formula is C13H31O2PS. The molecule has 0 aromatic carbocycles. The Balaban J connectivity index is 2.99. The molecule has 0 unspecified atom stereocenters. The van der Waals surface area contributed by atoms with E-state index in [1.807, 2.05) is 0 Å². The predicted octanol–water partition coefficient (Wildman–Crippen LogP) is 4.75. The third-order valence-electron chi connectivity index (χ3n) is 2.87. The van der Waals surface area contributed by atoms with E-state index in [1.54, 1.807) is 6.66 Å². The van der Waals surface area contributed by atoms with Crippen molar-refractivity contribution in [3.8, 4) is 0 Å². The number of hydrogen-bond acceptors (Lipinski definition) is 3. The topological polar surface area (TPSA) is 40.5 Å². The summed E-state index contributed by atoms with van der Waals surface area (Å²) in [6, 6.07) is 0. The van der Waals surface area contributed by atoms with Crippen molar-refractivity contribution < 1.29 is 9.79 Å². The van der Waals surface area contributed by atoms with Crippen molar-refractivity contribution in [3.05, 3.63) is 0 Å². The van der Waals surface area contributed by atoms with Crippen LogP contribution in [0.1, 0.15) is 71.1 Å². The van der Waals surface area contributed by atoms with E-state index in [-0.39, 0.29) is 0 Å². The second kappa shape index (κ2) is 11.8. The van der Waals surface area contributed by atoms with Gasteiger partial charge in [0.05, 0.1) is 0 Å². The molecule has 2 N–H and O–H groups in total. The van der Waals surface area contributed by atoms with Gasteiger partial charge < -0.3 is 0 Å². The van der Waals surface area contributed by atoms with Crippen LogP contribution in [0, 0.1) is 0 Å². The Kier molecular flexibility index (Phi) is 12.3. The maximum atomic E-state index is 9.22. The van der Waals surface area contributed by atoms with E-state index < -0.39 is 6.92 Å². The van der Waals surface area contributed by atoms with Crippen LogP contribution < -0.4 is 0 Å². The average molecular weight is 282 g/mol. The molecule has 0 radical (unpaired) electrons. The molecule has 0 aliphatic carbocycles. The van der Waals surface area contributed by atoms with Crippen LogP contribution in [0.3, 0.4) is 0 Å². The van der Waals surface area contributed by atoms with Crippen molar-refractivity contribution in [1.82, 2.24) is 0 Å². The number of hydrogen-bond donors (Lipinski definition) is 2. The predicted molar refractivity (Wildman–Crippen MR) is 83.0 cm³/mol. The summed E-state index contributed by atoms with van der Waals surface area (Å²) < 4.78 is 0. The SMILES string of the molecule is CCCCCCCCCCCCS[PH](C)(O)O. The summed E-state index contributed by atoms with van der Waals surface area (Å²) in [6.45, 7) is 0.983. The van der Waals surface area contributed by atoms with Gasteiger partial charge in [-0.3, -0.25) is 0 Å². The van der Waals surface area contributed by atoms with E-state index in [4.69, 9.17) is 0 Å². The Morgan fingerprint density at radius 3 is 1.59 bits per heavy atom. The van der Waals surface area contributed by atoms with E-state index in [0.717, 1.165) is 12.2 Å². The van der Waals surface area contributed by atoms with Crippen LogP contribution in [-0.2, 0) is 0 Å². The summed E-state index contributed by atoms with van der Waals surface area (Å²) in [5, 5.41) is 0. The summed E-state index contributed by atoms with van der Waals surface area (Å²) in [7, 11) is 0. The molecule has 0 aliphatic rings. The molecule has 0 bridgehead atoms.